The lowest BCUT2D eigenvalue weighted by atomic mass is 10.0. The van der Waals surface area contributed by atoms with E-state index in [-0.39, 0.29) is 5.69 Å². The van der Waals surface area contributed by atoms with E-state index in [1.54, 1.807) is 48.8 Å². The van der Waals surface area contributed by atoms with Gasteiger partial charge in [-0.1, -0.05) is 36.4 Å². The van der Waals surface area contributed by atoms with Gasteiger partial charge in [0.25, 0.3) is 0 Å². The SMILES string of the molecule is N#Cc1ccccc1-c1nc2ccccc2c(Nc2ccncc2)c1F. The maximum absolute atomic E-state index is 15.4. The lowest BCUT2D eigenvalue weighted by Gasteiger charge is -2.14. The van der Waals surface area contributed by atoms with E-state index in [9.17, 15) is 5.26 Å². The molecule has 4 aromatic rings. The summed E-state index contributed by atoms with van der Waals surface area (Å²) in [5.74, 6) is -0.497. The number of fused-ring (bicyclic) bond motifs is 1. The van der Waals surface area contributed by atoms with E-state index >= 15 is 4.39 Å². The van der Waals surface area contributed by atoms with E-state index in [0.717, 1.165) is 5.69 Å². The maximum Gasteiger partial charge on any atom is 0.173 e. The fourth-order valence-electron chi connectivity index (χ4n) is 2.86. The molecule has 1 N–H and O–H groups in total. The van der Waals surface area contributed by atoms with Crippen LogP contribution in [0.1, 0.15) is 5.56 Å². The van der Waals surface area contributed by atoms with Crippen LogP contribution in [-0.2, 0) is 0 Å². The fraction of sp³-hybridized carbons (Fsp3) is 0. The van der Waals surface area contributed by atoms with Crippen LogP contribution in [0.5, 0.6) is 0 Å². The van der Waals surface area contributed by atoms with Crippen LogP contribution in [0.3, 0.4) is 0 Å². The highest BCUT2D eigenvalue weighted by atomic mass is 19.1. The maximum atomic E-state index is 15.4. The van der Waals surface area contributed by atoms with Gasteiger partial charge in [-0.2, -0.15) is 5.26 Å². The third-order valence-electron chi connectivity index (χ3n) is 4.09. The molecule has 0 aliphatic rings. The summed E-state index contributed by atoms with van der Waals surface area (Å²) in [6.45, 7) is 0. The van der Waals surface area contributed by atoms with Gasteiger partial charge in [-0.15, -0.1) is 0 Å². The first-order valence-corrected chi connectivity index (χ1v) is 8.02. The number of nitriles is 1. The second kappa shape index (κ2) is 6.61. The predicted octanol–water partition coefficient (Wildman–Crippen LogP) is 5.05. The summed E-state index contributed by atoms with van der Waals surface area (Å²) >= 11 is 0. The van der Waals surface area contributed by atoms with Gasteiger partial charge >= 0.3 is 0 Å². The van der Waals surface area contributed by atoms with E-state index < -0.39 is 5.82 Å². The zero-order chi connectivity index (χ0) is 17.9. The summed E-state index contributed by atoms with van der Waals surface area (Å²) in [5, 5.41) is 13.2. The minimum atomic E-state index is -0.497. The Morgan fingerprint density at radius 3 is 2.46 bits per heavy atom. The van der Waals surface area contributed by atoms with Crippen LogP contribution in [0.2, 0.25) is 0 Å². The summed E-state index contributed by atoms with van der Waals surface area (Å²) in [6.07, 6.45) is 3.27. The molecule has 4 nitrogen and oxygen atoms in total. The molecule has 0 aliphatic heterocycles. The smallest absolute Gasteiger partial charge is 0.173 e. The monoisotopic (exact) mass is 340 g/mol. The Hall–Kier alpha value is -3.78. The highest BCUT2D eigenvalue weighted by Crippen LogP contribution is 2.35. The van der Waals surface area contributed by atoms with Crippen LogP contribution >= 0.6 is 0 Å². The van der Waals surface area contributed by atoms with Crippen LogP contribution in [-0.4, -0.2) is 9.97 Å². The van der Waals surface area contributed by atoms with E-state index in [1.807, 2.05) is 24.3 Å². The van der Waals surface area contributed by atoms with Gasteiger partial charge in [-0.25, -0.2) is 9.37 Å². The molecule has 0 spiro atoms. The second-order valence-electron chi connectivity index (χ2n) is 5.68. The van der Waals surface area contributed by atoms with Gasteiger partial charge in [0, 0.05) is 29.0 Å². The topological polar surface area (TPSA) is 61.6 Å². The number of anilines is 2. The number of rotatable bonds is 3. The standard InChI is InChI=1S/C21H13FN4/c22-19-20(16-6-2-1-5-14(16)13-23)26-18-8-4-3-7-17(18)21(19)25-15-9-11-24-12-10-15/h1-12H,(H,24,25,26). The van der Waals surface area contributed by atoms with Crippen molar-refractivity contribution in [3.63, 3.8) is 0 Å². The molecule has 0 amide bonds. The van der Waals surface area contributed by atoms with Crippen LogP contribution in [0.15, 0.2) is 73.1 Å². The summed E-state index contributed by atoms with van der Waals surface area (Å²) in [5.41, 5.74) is 2.69. The highest BCUT2D eigenvalue weighted by molar-refractivity contribution is 5.96. The van der Waals surface area contributed by atoms with Gasteiger partial charge in [-0.05, 0) is 24.3 Å². The Kier molecular flexibility index (Phi) is 4.00. The number of aromatic nitrogens is 2. The third kappa shape index (κ3) is 2.74. The molecule has 124 valence electrons. The Morgan fingerprint density at radius 1 is 0.923 bits per heavy atom. The average Bonchev–Trinajstić information content (AvgIpc) is 2.70. The van der Waals surface area contributed by atoms with Crippen molar-refractivity contribution in [2.45, 2.75) is 0 Å². The van der Waals surface area contributed by atoms with Gasteiger partial charge in [0.2, 0.25) is 0 Å². The lowest BCUT2D eigenvalue weighted by Crippen LogP contribution is -2.01. The highest BCUT2D eigenvalue weighted by Gasteiger charge is 2.18. The number of pyridine rings is 2. The van der Waals surface area contributed by atoms with Crippen molar-refractivity contribution in [2.24, 2.45) is 0 Å². The predicted molar refractivity (Wildman–Crippen MR) is 99.4 cm³/mol. The van der Waals surface area contributed by atoms with Crippen LogP contribution in [0, 0.1) is 17.1 Å². The molecule has 0 saturated heterocycles. The van der Waals surface area contributed by atoms with Crippen molar-refractivity contribution in [3.8, 4) is 17.3 Å². The molecule has 0 saturated carbocycles. The van der Waals surface area contributed by atoms with Crippen molar-refractivity contribution in [3.05, 3.63) is 84.4 Å². The molecule has 0 bridgehead atoms. The molecule has 4 rings (SSSR count). The average molecular weight is 340 g/mol. The molecule has 0 fully saturated rings. The van der Waals surface area contributed by atoms with E-state index in [2.05, 4.69) is 21.4 Å². The molecule has 2 aromatic heterocycles. The molecule has 0 aliphatic carbocycles. The normalized spacial score (nSPS) is 10.5. The summed E-state index contributed by atoms with van der Waals surface area (Å²) in [4.78, 5) is 8.45. The molecule has 0 unspecified atom stereocenters. The molecule has 2 heterocycles. The van der Waals surface area contributed by atoms with Crippen molar-refractivity contribution < 1.29 is 4.39 Å². The first-order valence-electron chi connectivity index (χ1n) is 8.02. The molecule has 0 atom stereocenters. The zero-order valence-electron chi connectivity index (χ0n) is 13.6. The number of hydrogen-bond donors (Lipinski definition) is 1. The van der Waals surface area contributed by atoms with Gasteiger partial charge in [0.1, 0.15) is 5.69 Å². The molecular weight excluding hydrogens is 327 g/mol. The summed E-state index contributed by atoms with van der Waals surface area (Å²) in [6, 6.07) is 19.8. The van der Waals surface area contributed by atoms with Gasteiger partial charge in [0.05, 0.1) is 22.8 Å². The Labute approximate surface area is 149 Å². The molecule has 26 heavy (non-hydrogen) atoms. The quantitative estimate of drug-likeness (QED) is 0.567. The molecule has 2 aromatic carbocycles. The Balaban J connectivity index is 1.99. The molecule has 0 radical (unpaired) electrons. The minimum absolute atomic E-state index is 0.150. The number of benzene rings is 2. The summed E-state index contributed by atoms with van der Waals surface area (Å²) < 4.78 is 15.4. The fourth-order valence-corrected chi connectivity index (χ4v) is 2.86. The van der Waals surface area contributed by atoms with Crippen LogP contribution in [0.25, 0.3) is 22.2 Å². The number of nitrogens with zero attached hydrogens (tertiary/aromatic N) is 3. The summed E-state index contributed by atoms with van der Waals surface area (Å²) in [7, 11) is 0. The van der Waals surface area contributed by atoms with Gasteiger partial charge in [-0.3, -0.25) is 4.98 Å². The van der Waals surface area contributed by atoms with Gasteiger partial charge in [0.15, 0.2) is 5.82 Å². The third-order valence-corrected chi connectivity index (χ3v) is 4.09. The van der Waals surface area contributed by atoms with E-state index in [1.165, 1.54) is 0 Å². The van der Waals surface area contributed by atoms with E-state index in [4.69, 9.17) is 0 Å². The largest absolute Gasteiger partial charge is 0.352 e. The minimum Gasteiger partial charge on any atom is -0.352 e. The number of halogens is 1. The van der Waals surface area contributed by atoms with E-state index in [0.29, 0.717) is 27.7 Å². The van der Waals surface area contributed by atoms with Crippen LogP contribution in [0.4, 0.5) is 15.8 Å². The van der Waals surface area contributed by atoms with Gasteiger partial charge < -0.3 is 5.32 Å². The zero-order valence-corrected chi connectivity index (χ0v) is 13.6. The van der Waals surface area contributed by atoms with Crippen LogP contribution < -0.4 is 5.32 Å². The molecular formula is C21H13FN4. The number of hydrogen-bond acceptors (Lipinski definition) is 4. The number of para-hydroxylation sites is 1. The lowest BCUT2D eigenvalue weighted by molar-refractivity contribution is 0.632. The number of nitrogens with one attached hydrogen (secondary N) is 1. The van der Waals surface area contributed by atoms with Crippen molar-refractivity contribution in [1.29, 1.82) is 5.26 Å². The Morgan fingerprint density at radius 2 is 1.65 bits per heavy atom. The van der Waals surface area contributed by atoms with Crippen molar-refractivity contribution >= 4 is 22.3 Å². The Bertz CT molecular complexity index is 1130. The first kappa shape index (κ1) is 15.7. The molecule has 5 heteroatoms. The first-order chi connectivity index (χ1) is 12.8. The van der Waals surface area contributed by atoms with Crippen molar-refractivity contribution in [2.75, 3.05) is 5.32 Å². The van der Waals surface area contributed by atoms with Crippen molar-refractivity contribution in [1.82, 2.24) is 9.97 Å². The second-order valence-corrected chi connectivity index (χ2v) is 5.68.